The highest BCUT2D eigenvalue weighted by Crippen LogP contribution is 2.28. The first-order valence-corrected chi connectivity index (χ1v) is 8.63. The van der Waals surface area contributed by atoms with Gasteiger partial charge in [-0.1, -0.05) is 12.1 Å². The second kappa shape index (κ2) is 7.67. The summed E-state index contributed by atoms with van der Waals surface area (Å²) in [5.41, 5.74) is 2.37. The molecule has 2 aromatic carbocycles. The molecule has 5 nitrogen and oxygen atoms in total. The normalized spacial score (nSPS) is 16.4. The number of Topliss-reactive ketones (excluding diaryl/α,β-unsaturated/α-hetero) is 1. The van der Waals surface area contributed by atoms with E-state index in [1.54, 1.807) is 31.2 Å². The number of halogens is 1. The van der Waals surface area contributed by atoms with Gasteiger partial charge in [0.2, 0.25) is 0 Å². The lowest BCUT2D eigenvalue weighted by atomic mass is 9.93. The maximum absolute atomic E-state index is 12.9. The van der Waals surface area contributed by atoms with Gasteiger partial charge in [-0.25, -0.2) is 9.18 Å². The molecule has 1 atom stereocenters. The minimum Gasteiger partial charge on any atom is -0.423 e. The lowest BCUT2D eigenvalue weighted by Crippen LogP contribution is -2.44. The van der Waals surface area contributed by atoms with Gasteiger partial charge in [0.05, 0.1) is 11.6 Å². The zero-order chi connectivity index (χ0) is 19.6. The van der Waals surface area contributed by atoms with Gasteiger partial charge in [-0.05, 0) is 68.0 Å². The Bertz CT molecular complexity index is 937. The van der Waals surface area contributed by atoms with Crippen molar-refractivity contribution in [2.24, 2.45) is 0 Å². The molecule has 0 radical (unpaired) electrons. The van der Waals surface area contributed by atoms with Gasteiger partial charge in [0, 0.05) is 11.3 Å². The number of benzene rings is 2. The monoisotopic (exact) mass is 384 g/mol. The van der Waals surface area contributed by atoms with Gasteiger partial charge in [-0.15, -0.1) is 0 Å². The highest BCUT2D eigenvalue weighted by molar-refractivity contribution is 7.80. The van der Waals surface area contributed by atoms with E-state index < -0.39 is 11.8 Å². The van der Waals surface area contributed by atoms with Crippen molar-refractivity contribution in [3.8, 4) is 5.75 Å². The van der Waals surface area contributed by atoms with Crippen LogP contribution in [0.5, 0.6) is 5.75 Å². The van der Waals surface area contributed by atoms with E-state index in [2.05, 4.69) is 10.6 Å². The summed E-state index contributed by atoms with van der Waals surface area (Å²) in [5, 5.41) is 6.48. The van der Waals surface area contributed by atoms with Crippen LogP contribution in [-0.2, 0) is 4.79 Å². The molecule has 0 amide bonds. The third-order valence-corrected chi connectivity index (χ3v) is 4.37. The lowest BCUT2D eigenvalue weighted by Gasteiger charge is -2.29. The van der Waals surface area contributed by atoms with Crippen molar-refractivity contribution in [3.05, 3.63) is 76.7 Å². The van der Waals surface area contributed by atoms with Crippen LogP contribution in [0.3, 0.4) is 0 Å². The van der Waals surface area contributed by atoms with Gasteiger partial charge in [0.15, 0.2) is 10.9 Å². The van der Waals surface area contributed by atoms with Gasteiger partial charge in [0.25, 0.3) is 0 Å². The van der Waals surface area contributed by atoms with Gasteiger partial charge in [-0.3, -0.25) is 4.79 Å². The molecule has 0 aliphatic carbocycles. The summed E-state index contributed by atoms with van der Waals surface area (Å²) in [6, 6.07) is 11.5. The molecule has 1 aliphatic heterocycles. The van der Waals surface area contributed by atoms with Crippen molar-refractivity contribution in [3.63, 3.8) is 0 Å². The molecule has 0 spiro atoms. The van der Waals surface area contributed by atoms with Crippen LogP contribution in [0.1, 0.15) is 35.8 Å². The van der Waals surface area contributed by atoms with Crippen LogP contribution in [-0.4, -0.2) is 16.9 Å². The Hall–Kier alpha value is -3.06. The van der Waals surface area contributed by atoms with Gasteiger partial charge >= 0.3 is 5.97 Å². The van der Waals surface area contributed by atoms with Crippen molar-refractivity contribution in [1.29, 1.82) is 0 Å². The first-order valence-electron chi connectivity index (χ1n) is 8.22. The fourth-order valence-electron chi connectivity index (χ4n) is 2.89. The van der Waals surface area contributed by atoms with E-state index in [4.69, 9.17) is 17.0 Å². The average molecular weight is 384 g/mol. The van der Waals surface area contributed by atoms with E-state index in [1.165, 1.54) is 31.2 Å². The van der Waals surface area contributed by atoms with Crippen molar-refractivity contribution in [2.45, 2.75) is 19.9 Å². The second-order valence-electron chi connectivity index (χ2n) is 6.09. The molecule has 1 aliphatic rings. The van der Waals surface area contributed by atoms with Crippen LogP contribution in [0.2, 0.25) is 0 Å². The number of esters is 1. The van der Waals surface area contributed by atoms with E-state index >= 15 is 0 Å². The molecular formula is C20H17FN2O3S. The summed E-state index contributed by atoms with van der Waals surface area (Å²) in [4.78, 5) is 24.1. The molecule has 0 aromatic heterocycles. The number of thiocarbonyl (C=S) groups is 1. The molecule has 138 valence electrons. The standard InChI is InChI=1S/C20H17FN2O3S/c1-11-17(12(2)24)18(23-20(27)22-11)13-5-9-16(10-6-13)26-19(25)14-3-7-15(21)8-4-14/h3-10,18H,1-2H3,(H2,22,23,27). The fraction of sp³-hybridized carbons (Fsp3) is 0.150. The van der Waals surface area contributed by atoms with Crippen molar-refractivity contribution < 1.29 is 18.7 Å². The van der Waals surface area contributed by atoms with Crippen molar-refractivity contribution in [1.82, 2.24) is 10.6 Å². The number of rotatable bonds is 4. The molecule has 0 bridgehead atoms. The van der Waals surface area contributed by atoms with E-state index in [0.29, 0.717) is 22.1 Å². The van der Waals surface area contributed by atoms with E-state index in [9.17, 15) is 14.0 Å². The van der Waals surface area contributed by atoms with Gasteiger partial charge < -0.3 is 15.4 Å². The molecule has 0 saturated heterocycles. The Morgan fingerprint density at radius 2 is 1.70 bits per heavy atom. The Labute approximate surface area is 161 Å². The number of carbonyl (C=O) groups excluding carboxylic acids is 2. The predicted octanol–water partition coefficient (Wildman–Crippen LogP) is 3.43. The van der Waals surface area contributed by atoms with Crippen LogP contribution in [0.4, 0.5) is 4.39 Å². The van der Waals surface area contributed by atoms with Crippen molar-refractivity contribution in [2.75, 3.05) is 0 Å². The summed E-state index contributed by atoms with van der Waals surface area (Å²) in [7, 11) is 0. The Balaban J connectivity index is 1.79. The predicted molar refractivity (Wildman–Crippen MR) is 103 cm³/mol. The summed E-state index contributed by atoms with van der Waals surface area (Å²) in [5.74, 6) is -0.724. The molecule has 7 heteroatoms. The first kappa shape index (κ1) is 18.7. The minimum absolute atomic E-state index is 0.0631. The lowest BCUT2D eigenvalue weighted by molar-refractivity contribution is -0.114. The number of ketones is 1. The summed E-state index contributed by atoms with van der Waals surface area (Å²) in [6.07, 6.45) is 0. The quantitative estimate of drug-likeness (QED) is 0.478. The van der Waals surface area contributed by atoms with Crippen LogP contribution in [0, 0.1) is 5.82 Å². The number of allylic oxidation sites excluding steroid dienone is 1. The zero-order valence-electron chi connectivity index (χ0n) is 14.7. The molecule has 1 unspecified atom stereocenters. The molecule has 0 fully saturated rings. The Kier molecular flexibility index (Phi) is 5.32. The third kappa shape index (κ3) is 4.20. The Morgan fingerprint density at radius 3 is 2.30 bits per heavy atom. The minimum atomic E-state index is -0.580. The largest absolute Gasteiger partial charge is 0.423 e. The molecular weight excluding hydrogens is 367 g/mol. The van der Waals surface area contributed by atoms with Gasteiger partial charge in [0.1, 0.15) is 11.6 Å². The van der Waals surface area contributed by atoms with Crippen LogP contribution >= 0.6 is 12.2 Å². The number of carbonyl (C=O) groups is 2. The summed E-state index contributed by atoms with van der Waals surface area (Å²) < 4.78 is 18.2. The second-order valence-corrected chi connectivity index (χ2v) is 6.50. The maximum Gasteiger partial charge on any atom is 0.343 e. The zero-order valence-corrected chi connectivity index (χ0v) is 15.5. The smallest absolute Gasteiger partial charge is 0.343 e. The van der Waals surface area contributed by atoms with Crippen LogP contribution in [0.15, 0.2) is 59.8 Å². The van der Waals surface area contributed by atoms with Crippen LogP contribution < -0.4 is 15.4 Å². The molecule has 2 aromatic rings. The van der Waals surface area contributed by atoms with E-state index in [-0.39, 0.29) is 17.4 Å². The van der Waals surface area contributed by atoms with Gasteiger partial charge in [-0.2, -0.15) is 0 Å². The highest BCUT2D eigenvalue weighted by atomic mass is 32.1. The van der Waals surface area contributed by atoms with Crippen molar-refractivity contribution >= 4 is 29.1 Å². The third-order valence-electron chi connectivity index (χ3n) is 4.15. The Morgan fingerprint density at radius 1 is 1.07 bits per heavy atom. The molecule has 0 saturated carbocycles. The summed E-state index contributed by atoms with van der Waals surface area (Å²) >= 11 is 5.18. The number of hydrogen-bond donors (Lipinski definition) is 2. The average Bonchev–Trinajstić information content (AvgIpc) is 2.61. The molecule has 27 heavy (non-hydrogen) atoms. The first-order chi connectivity index (χ1) is 12.8. The van der Waals surface area contributed by atoms with E-state index in [1.807, 2.05) is 0 Å². The highest BCUT2D eigenvalue weighted by Gasteiger charge is 2.27. The van der Waals surface area contributed by atoms with E-state index in [0.717, 1.165) is 5.56 Å². The molecule has 3 rings (SSSR count). The fourth-order valence-corrected chi connectivity index (χ4v) is 3.16. The summed E-state index contributed by atoms with van der Waals surface area (Å²) in [6.45, 7) is 3.30. The van der Waals surface area contributed by atoms with Crippen LogP contribution in [0.25, 0.3) is 0 Å². The number of nitrogens with one attached hydrogen (secondary N) is 2. The number of hydrogen-bond acceptors (Lipinski definition) is 4. The number of ether oxygens (including phenoxy) is 1. The SMILES string of the molecule is CC(=O)C1=C(C)NC(=S)NC1c1ccc(OC(=O)c2ccc(F)cc2)cc1. The molecule has 2 N–H and O–H groups in total. The maximum atomic E-state index is 12.9. The topological polar surface area (TPSA) is 67.4 Å². The molecule has 1 heterocycles.